The van der Waals surface area contributed by atoms with Crippen LogP contribution in [0.4, 0.5) is 0 Å². The number of halogens is 1. The molecule has 3 aromatic carbocycles. The number of hydrogen-bond donors (Lipinski definition) is 0. The van der Waals surface area contributed by atoms with Gasteiger partial charge in [0.1, 0.15) is 19.7 Å². The summed E-state index contributed by atoms with van der Waals surface area (Å²) in [6.07, 6.45) is 6.34. The van der Waals surface area contributed by atoms with E-state index in [2.05, 4.69) is 90.5 Å². The number of hydrogen-bond acceptors (Lipinski definition) is 6. The Bertz CT molecular complexity index is 1580. The van der Waals surface area contributed by atoms with Crippen LogP contribution in [0.2, 0.25) is 0 Å². The Kier molecular flexibility index (Phi) is 32.3. The minimum Gasteiger partial charge on any atom is -1.00 e. The first-order valence-corrected chi connectivity index (χ1v) is 17.4. The van der Waals surface area contributed by atoms with Crippen LogP contribution in [0.25, 0.3) is 0 Å². The van der Waals surface area contributed by atoms with E-state index >= 15 is 0 Å². The molecule has 0 saturated carbocycles. The Morgan fingerprint density at radius 1 is 0.736 bits per heavy atom. The van der Waals surface area contributed by atoms with Crippen molar-refractivity contribution in [1.82, 2.24) is 4.90 Å². The molecular formula is C42H57IN2O5Y3. The van der Waals surface area contributed by atoms with Gasteiger partial charge in [-0.2, -0.15) is 0 Å². The maximum absolute atomic E-state index is 13.1. The van der Waals surface area contributed by atoms with E-state index in [1.54, 1.807) is 6.07 Å². The molecule has 3 aromatic rings. The Morgan fingerprint density at radius 3 is 1.62 bits per heavy atom. The predicted octanol–water partition coefficient (Wildman–Crippen LogP) is 4.16. The Morgan fingerprint density at radius 2 is 1.21 bits per heavy atom. The summed E-state index contributed by atoms with van der Waals surface area (Å²) >= 11 is 0. The minimum atomic E-state index is -0.423. The molecule has 0 N–H and O–H groups in total. The summed E-state index contributed by atoms with van der Waals surface area (Å²) in [6.45, 7) is 23.3. The monoisotopic (exact) mass is 1060 g/mol. The van der Waals surface area contributed by atoms with Gasteiger partial charge in [-0.3, -0.25) is 19.3 Å². The quantitative estimate of drug-likeness (QED) is 0.0666. The molecule has 0 unspecified atom stereocenters. The number of aryl methyl sites for hydroxylation is 4. The number of terminal acetylenes is 1. The third kappa shape index (κ3) is 19.7. The summed E-state index contributed by atoms with van der Waals surface area (Å²) in [5.74, 6) is 3.32. The number of carbonyl (C=O) groups is 3. The number of benzene rings is 3. The molecule has 0 fully saturated rings. The Labute approximate surface area is 412 Å². The molecular weight excluding hydrogens is 1010 g/mol. The Hall–Kier alpha value is -0.208. The average molecular weight is 1060 g/mol. The smallest absolute Gasteiger partial charge is 0.308 e. The first kappa shape index (κ1) is 57.1. The van der Waals surface area contributed by atoms with Gasteiger partial charge in [0.2, 0.25) is 0 Å². The van der Waals surface area contributed by atoms with Gasteiger partial charge >= 0.3 is 5.97 Å². The molecule has 3 radical (unpaired) electrons. The van der Waals surface area contributed by atoms with Crippen LogP contribution in [0.15, 0.2) is 54.6 Å². The summed E-state index contributed by atoms with van der Waals surface area (Å²) in [5, 5.41) is 0. The van der Waals surface area contributed by atoms with Gasteiger partial charge in [-0.15, -0.1) is 6.42 Å². The van der Waals surface area contributed by atoms with E-state index in [0.29, 0.717) is 54.2 Å². The van der Waals surface area contributed by atoms with Crippen LogP contribution in [-0.4, -0.2) is 72.8 Å². The van der Waals surface area contributed by atoms with Gasteiger partial charge in [0.05, 0.1) is 19.6 Å². The van der Waals surface area contributed by atoms with Crippen molar-refractivity contribution < 1.29 is 150 Å². The number of ketones is 2. The average Bonchev–Trinajstić information content (AvgIpc) is 3.06. The summed E-state index contributed by atoms with van der Waals surface area (Å²) in [5.41, 5.74) is 8.07. The van der Waals surface area contributed by atoms with Crippen molar-refractivity contribution in [3.63, 3.8) is 0 Å². The summed E-state index contributed by atoms with van der Waals surface area (Å²) in [4.78, 5) is 38.7. The number of esters is 1. The number of nitrogens with zero attached hydrogens (tertiary/aromatic N) is 2. The van der Waals surface area contributed by atoms with Crippen LogP contribution in [-0.2, 0) is 132 Å². The van der Waals surface area contributed by atoms with Crippen LogP contribution < -0.4 is 33.5 Å². The first-order valence-electron chi connectivity index (χ1n) is 17.4. The second kappa shape index (κ2) is 30.0. The maximum Gasteiger partial charge on any atom is 0.308 e. The third-order valence-corrected chi connectivity index (χ3v) is 9.28. The van der Waals surface area contributed by atoms with E-state index < -0.39 is 5.97 Å². The van der Waals surface area contributed by atoms with Crippen molar-refractivity contribution >= 4 is 17.5 Å². The minimum absolute atomic E-state index is 0. The molecule has 0 aliphatic rings. The van der Waals surface area contributed by atoms with Gasteiger partial charge in [-0.1, -0.05) is 56.2 Å². The molecule has 0 amide bonds. The fourth-order valence-electron chi connectivity index (χ4n) is 6.07. The summed E-state index contributed by atoms with van der Waals surface area (Å²) < 4.78 is 11.5. The van der Waals surface area contributed by atoms with Crippen LogP contribution in [0.1, 0.15) is 73.6 Å². The zero-order chi connectivity index (χ0) is 36.6. The van der Waals surface area contributed by atoms with Crippen LogP contribution in [0.3, 0.4) is 0 Å². The fourth-order valence-corrected chi connectivity index (χ4v) is 6.07. The van der Waals surface area contributed by atoms with Crippen molar-refractivity contribution in [2.24, 2.45) is 0 Å². The van der Waals surface area contributed by atoms with Gasteiger partial charge in [0.25, 0.3) is 0 Å². The largest absolute Gasteiger partial charge is 1.00 e. The summed E-state index contributed by atoms with van der Waals surface area (Å²) in [6, 6.07) is 17.8. The van der Waals surface area contributed by atoms with Crippen LogP contribution >= 0.6 is 0 Å². The van der Waals surface area contributed by atoms with Gasteiger partial charge in [-0.05, 0) is 106 Å². The molecule has 53 heavy (non-hydrogen) atoms. The number of Topliss-reactive ketones (excluding diaryl/α,β-unsaturated/α-hetero) is 2. The van der Waals surface area contributed by atoms with E-state index in [-0.39, 0.29) is 134 Å². The zero-order valence-electron chi connectivity index (χ0n) is 33.4. The molecule has 0 bridgehead atoms. The summed E-state index contributed by atoms with van der Waals surface area (Å²) in [7, 11) is 0. The van der Waals surface area contributed by atoms with E-state index in [0.717, 1.165) is 48.4 Å². The standard InChI is InChI=1S/C27H34NO4.C15H23NO.HI.3Y/c1-7-15-31-27-16-23(13-14-26(27)32-22(6)29)18-28(8-2,9-3)19-24(30)17-25-20(4)11-10-12-21(25)5;1-5-16(6-2)11-14(17)10-15-12(3)8-7-9-13(15)4;;;;/h1,10-14,16H,8-9,15,17-19H2,2-6H3;7-9H,5-6,10-11H2,1-4H3;1H;;;/q+1;;;;;/p-1. The van der Waals surface area contributed by atoms with Crippen molar-refractivity contribution in [2.75, 3.05) is 45.9 Å². The third-order valence-electron chi connectivity index (χ3n) is 9.28. The topological polar surface area (TPSA) is 72.9 Å². The molecule has 0 atom stereocenters. The number of carbonyl (C=O) groups excluding carboxylic acids is 3. The molecule has 7 nitrogen and oxygen atoms in total. The van der Waals surface area contributed by atoms with Gasteiger partial charge in [0.15, 0.2) is 23.1 Å². The predicted molar refractivity (Wildman–Crippen MR) is 199 cm³/mol. The van der Waals surface area contributed by atoms with E-state index in [1.165, 1.54) is 23.6 Å². The fraction of sp³-hybridized carbons (Fsp3) is 0.452. The molecule has 281 valence electrons. The second-order valence-electron chi connectivity index (χ2n) is 12.8. The first-order chi connectivity index (χ1) is 23.3. The molecule has 0 heterocycles. The van der Waals surface area contributed by atoms with E-state index in [4.69, 9.17) is 15.9 Å². The van der Waals surface area contributed by atoms with Crippen LogP contribution in [0.5, 0.6) is 11.5 Å². The molecule has 11 heteroatoms. The number of quaternary nitrogens is 1. The normalized spacial score (nSPS) is 10.1. The number of rotatable bonds is 17. The van der Waals surface area contributed by atoms with Gasteiger partial charge < -0.3 is 37.9 Å². The second-order valence-corrected chi connectivity index (χ2v) is 12.8. The van der Waals surface area contributed by atoms with Crippen molar-refractivity contribution in [3.05, 3.63) is 93.5 Å². The van der Waals surface area contributed by atoms with Gasteiger partial charge in [-0.25, -0.2) is 0 Å². The van der Waals surface area contributed by atoms with Crippen molar-refractivity contribution in [2.45, 2.75) is 81.7 Å². The number of ether oxygens (including phenoxy) is 2. The molecule has 0 spiro atoms. The molecule has 0 aliphatic carbocycles. The Balaban J connectivity index is -0.00000102. The van der Waals surface area contributed by atoms with Crippen LogP contribution in [0, 0.1) is 40.0 Å². The maximum atomic E-state index is 13.1. The molecule has 3 rings (SSSR count). The SMILES string of the molecule is C#CCOc1cc(C[N+](CC)(CC)CC(=O)Cc2c(C)cccc2C)ccc1OC(C)=O.CCN(CC)CC(=O)Cc1c(C)cccc1C.[I-].[Y].[Y].[Y]. The number of likely N-dealkylation sites (N-methyl/N-ethyl adjacent to an activating group) is 2. The van der Waals surface area contributed by atoms with E-state index in [1.807, 2.05) is 24.3 Å². The zero-order valence-corrected chi connectivity index (χ0v) is 44.1. The van der Waals surface area contributed by atoms with E-state index in [9.17, 15) is 14.4 Å². The van der Waals surface area contributed by atoms with Crippen molar-refractivity contribution in [1.29, 1.82) is 0 Å². The molecule has 0 aliphatic heterocycles. The van der Waals surface area contributed by atoms with Crippen molar-refractivity contribution in [3.8, 4) is 23.8 Å². The molecule has 0 aromatic heterocycles. The molecule has 0 saturated heterocycles. The van der Waals surface area contributed by atoms with Gasteiger partial charge in [0, 0.05) is 123 Å².